The number of piperidine rings is 1. The summed E-state index contributed by atoms with van der Waals surface area (Å²) in [6, 6.07) is 5.61. The summed E-state index contributed by atoms with van der Waals surface area (Å²) in [7, 11) is 0. The SMILES string of the molecule is CC(=O)Nc1nc(-c2cccc(C(F)(F)F)c2)c(CN2CCCC[C@H]2C)s1. The first-order valence-electron chi connectivity index (χ1n) is 8.93. The molecule has 8 heteroatoms. The Kier molecular flexibility index (Phi) is 5.86. The van der Waals surface area contributed by atoms with Crippen molar-refractivity contribution in [3.63, 3.8) is 0 Å². The van der Waals surface area contributed by atoms with E-state index in [2.05, 4.69) is 22.1 Å². The lowest BCUT2D eigenvalue weighted by Gasteiger charge is -2.33. The normalized spacial score (nSPS) is 18.5. The molecule has 1 saturated heterocycles. The highest BCUT2D eigenvalue weighted by Gasteiger charge is 2.31. The number of carbonyl (C=O) groups excluding carboxylic acids is 1. The van der Waals surface area contributed by atoms with Crippen LogP contribution in [0.15, 0.2) is 24.3 Å². The lowest BCUT2D eigenvalue weighted by molar-refractivity contribution is -0.137. The maximum atomic E-state index is 13.1. The fourth-order valence-corrected chi connectivity index (χ4v) is 4.36. The van der Waals surface area contributed by atoms with Gasteiger partial charge < -0.3 is 5.32 Å². The summed E-state index contributed by atoms with van der Waals surface area (Å²) in [6.45, 7) is 5.12. The molecule has 3 rings (SSSR count). The maximum absolute atomic E-state index is 13.1. The third-order valence-corrected chi connectivity index (χ3v) is 5.69. The predicted octanol–water partition coefficient (Wildman–Crippen LogP) is 5.16. The van der Waals surface area contributed by atoms with E-state index in [1.807, 2.05) is 0 Å². The summed E-state index contributed by atoms with van der Waals surface area (Å²) in [4.78, 5) is 19.0. The van der Waals surface area contributed by atoms with Gasteiger partial charge in [-0.1, -0.05) is 29.9 Å². The van der Waals surface area contributed by atoms with Crippen molar-refractivity contribution in [2.45, 2.75) is 51.9 Å². The van der Waals surface area contributed by atoms with Crippen molar-refractivity contribution in [3.05, 3.63) is 34.7 Å². The Morgan fingerprint density at radius 2 is 2.15 bits per heavy atom. The van der Waals surface area contributed by atoms with E-state index >= 15 is 0 Å². The van der Waals surface area contributed by atoms with Gasteiger partial charge >= 0.3 is 6.18 Å². The molecule has 2 aromatic rings. The van der Waals surface area contributed by atoms with E-state index in [-0.39, 0.29) is 5.91 Å². The van der Waals surface area contributed by atoms with E-state index in [0.717, 1.165) is 36.4 Å². The quantitative estimate of drug-likeness (QED) is 0.775. The molecular weight excluding hydrogens is 375 g/mol. The second-order valence-corrected chi connectivity index (χ2v) is 7.95. The van der Waals surface area contributed by atoms with E-state index in [9.17, 15) is 18.0 Å². The molecule has 1 aliphatic rings. The van der Waals surface area contributed by atoms with Gasteiger partial charge in [-0.3, -0.25) is 9.69 Å². The van der Waals surface area contributed by atoms with Crippen LogP contribution in [0, 0.1) is 0 Å². The first kappa shape index (κ1) is 19.8. The van der Waals surface area contributed by atoms with Gasteiger partial charge in [-0.25, -0.2) is 4.98 Å². The Labute approximate surface area is 160 Å². The molecule has 2 heterocycles. The Morgan fingerprint density at radius 1 is 1.37 bits per heavy atom. The number of amides is 1. The molecule has 0 bridgehead atoms. The number of likely N-dealkylation sites (tertiary alicyclic amines) is 1. The monoisotopic (exact) mass is 397 g/mol. The largest absolute Gasteiger partial charge is 0.416 e. The molecule has 0 saturated carbocycles. The van der Waals surface area contributed by atoms with Crippen LogP contribution >= 0.6 is 11.3 Å². The van der Waals surface area contributed by atoms with E-state index < -0.39 is 11.7 Å². The molecule has 4 nitrogen and oxygen atoms in total. The van der Waals surface area contributed by atoms with Crippen LogP contribution in [-0.2, 0) is 17.5 Å². The number of nitrogens with one attached hydrogen (secondary N) is 1. The number of nitrogens with zero attached hydrogens (tertiary/aromatic N) is 2. The zero-order valence-electron chi connectivity index (χ0n) is 15.3. The second kappa shape index (κ2) is 7.98. The number of benzene rings is 1. The third kappa shape index (κ3) is 4.87. The minimum atomic E-state index is -4.41. The second-order valence-electron chi connectivity index (χ2n) is 6.87. The maximum Gasteiger partial charge on any atom is 0.416 e. The molecule has 146 valence electrons. The molecule has 0 spiro atoms. The van der Waals surface area contributed by atoms with Crippen molar-refractivity contribution in [3.8, 4) is 11.3 Å². The van der Waals surface area contributed by atoms with Gasteiger partial charge in [0.15, 0.2) is 5.13 Å². The highest BCUT2D eigenvalue weighted by atomic mass is 32.1. The fraction of sp³-hybridized carbons (Fsp3) is 0.474. The number of aromatic nitrogens is 1. The van der Waals surface area contributed by atoms with E-state index in [0.29, 0.717) is 29.0 Å². The first-order chi connectivity index (χ1) is 12.7. The van der Waals surface area contributed by atoms with Crippen LogP contribution in [0.2, 0.25) is 0 Å². The van der Waals surface area contributed by atoms with Crippen LogP contribution in [0.25, 0.3) is 11.3 Å². The molecule has 0 aliphatic carbocycles. The average Bonchev–Trinajstić information content (AvgIpc) is 2.98. The zero-order chi connectivity index (χ0) is 19.6. The Morgan fingerprint density at radius 3 is 2.81 bits per heavy atom. The van der Waals surface area contributed by atoms with Gasteiger partial charge in [0, 0.05) is 30.0 Å². The van der Waals surface area contributed by atoms with Crippen molar-refractivity contribution in [2.75, 3.05) is 11.9 Å². The van der Waals surface area contributed by atoms with Crippen LogP contribution in [-0.4, -0.2) is 28.4 Å². The van der Waals surface area contributed by atoms with Gasteiger partial charge in [0.05, 0.1) is 11.3 Å². The van der Waals surface area contributed by atoms with Gasteiger partial charge in [0.2, 0.25) is 5.91 Å². The molecule has 0 unspecified atom stereocenters. The van der Waals surface area contributed by atoms with Crippen molar-refractivity contribution in [1.29, 1.82) is 0 Å². The summed E-state index contributed by atoms with van der Waals surface area (Å²) in [5, 5.41) is 3.07. The van der Waals surface area contributed by atoms with Gasteiger partial charge in [-0.2, -0.15) is 13.2 Å². The number of carbonyl (C=O) groups is 1. The van der Waals surface area contributed by atoms with Crippen molar-refractivity contribution in [1.82, 2.24) is 9.88 Å². The third-order valence-electron chi connectivity index (χ3n) is 4.73. The van der Waals surface area contributed by atoms with Crippen LogP contribution in [0.3, 0.4) is 0 Å². The lowest BCUT2D eigenvalue weighted by atomic mass is 10.0. The molecule has 1 aromatic heterocycles. The number of hydrogen-bond donors (Lipinski definition) is 1. The van der Waals surface area contributed by atoms with Crippen LogP contribution in [0.4, 0.5) is 18.3 Å². The van der Waals surface area contributed by atoms with Gasteiger partial charge in [0.1, 0.15) is 0 Å². The zero-order valence-corrected chi connectivity index (χ0v) is 16.1. The van der Waals surface area contributed by atoms with Gasteiger partial charge in [0.25, 0.3) is 0 Å². The van der Waals surface area contributed by atoms with Gasteiger partial charge in [-0.05, 0) is 38.4 Å². The number of hydrogen-bond acceptors (Lipinski definition) is 4. The van der Waals surface area contributed by atoms with Crippen LogP contribution in [0.5, 0.6) is 0 Å². The summed E-state index contributed by atoms with van der Waals surface area (Å²) >= 11 is 1.33. The first-order valence-corrected chi connectivity index (χ1v) is 9.74. The van der Waals surface area contributed by atoms with E-state index in [1.54, 1.807) is 6.07 Å². The molecule has 1 fully saturated rings. The number of anilines is 1. The topological polar surface area (TPSA) is 45.2 Å². The summed E-state index contributed by atoms with van der Waals surface area (Å²) in [6.07, 6.45) is -0.997. The van der Waals surface area contributed by atoms with Crippen molar-refractivity contribution < 1.29 is 18.0 Å². The van der Waals surface area contributed by atoms with Crippen molar-refractivity contribution >= 4 is 22.4 Å². The molecule has 1 atom stereocenters. The summed E-state index contributed by atoms with van der Waals surface area (Å²) in [5.41, 5.74) is 0.219. The van der Waals surface area contributed by atoms with E-state index in [4.69, 9.17) is 0 Å². The molecule has 0 radical (unpaired) electrons. The lowest BCUT2D eigenvalue weighted by Crippen LogP contribution is -2.36. The minimum Gasteiger partial charge on any atom is -0.302 e. The molecular formula is C19H22F3N3OS. The average molecular weight is 397 g/mol. The van der Waals surface area contributed by atoms with Crippen molar-refractivity contribution in [2.24, 2.45) is 0 Å². The number of rotatable bonds is 4. The molecule has 27 heavy (non-hydrogen) atoms. The molecule has 1 aromatic carbocycles. The number of alkyl halides is 3. The van der Waals surface area contributed by atoms with Crippen LogP contribution in [0.1, 0.15) is 43.6 Å². The number of thiazole rings is 1. The molecule has 1 aliphatic heterocycles. The summed E-state index contributed by atoms with van der Waals surface area (Å²) < 4.78 is 39.3. The Hall–Kier alpha value is -1.93. The fourth-order valence-electron chi connectivity index (χ4n) is 3.31. The highest BCUT2D eigenvalue weighted by molar-refractivity contribution is 7.16. The smallest absolute Gasteiger partial charge is 0.302 e. The van der Waals surface area contributed by atoms with E-state index in [1.165, 1.54) is 30.7 Å². The Bertz CT molecular complexity index is 819. The minimum absolute atomic E-state index is 0.253. The molecule has 1 amide bonds. The van der Waals surface area contributed by atoms with Gasteiger partial charge in [-0.15, -0.1) is 0 Å². The highest BCUT2D eigenvalue weighted by Crippen LogP contribution is 2.36. The standard InChI is InChI=1S/C19H22F3N3OS/c1-12-6-3-4-9-25(12)11-16-17(24-18(27-16)23-13(2)26)14-7-5-8-15(10-14)19(20,21)22/h5,7-8,10,12H,3-4,6,9,11H2,1-2H3,(H,23,24,26)/t12-/m1/s1. The van der Waals surface area contributed by atoms with Crippen LogP contribution < -0.4 is 5.32 Å². The number of halogens is 3. The Balaban J connectivity index is 1.97. The predicted molar refractivity (Wildman–Crippen MR) is 101 cm³/mol. The summed E-state index contributed by atoms with van der Waals surface area (Å²) in [5.74, 6) is -0.253. The molecule has 1 N–H and O–H groups in total.